The summed E-state index contributed by atoms with van der Waals surface area (Å²) >= 11 is 0. The van der Waals surface area contributed by atoms with Gasteiger partial charge in [0, 0.05) is 14.2 Å². The monoisotopic (exact) mass is 198 g/mol. The second kappa shape index (κ2) is 3.22. The summed E-state index contributed by atoms with van der Waals surface area (Å²) in [6, 6.07) is 0. The highest BCUT2D eigenvalue weighted by Crippen LogP contribution is 2.46. The Labute approximate surface area is 81.2 Å². The molecule has 2 atom stereocenters. The van der Waals surface area contributed by atoms with Gasteiger partial charge in [-0.2, -0.15) is 0 Å². The third kappa shape index (κ3) is 1.39. The molecule has 2 nitrogen and oxygen atoms in total. The first-order valence-electron chi connectivity index (χ1n) is 5.02. The number of hydrogen-bond donors (Lipinski definition) is 0. The highest BCUT2D eigenvalue weighted by molar-refractivity contribution is 6.73. The molecule has 0 spiro atoms. The van der Waals surface area contributed by atoms with Gasteiger partial charge in [0.25, 0.3) is 0 Å². The van der Waals surface area contributed by atoms with Crippen LogP contribution >= 0.6 is 0 Å². The van der Waals surface area contributed by atoms with Crippen LogP contribution in [0.5, 0.6) is 0 Å². The van der Waals surface area contributed by atoms with E-state index in [1.807, 2.05) is 0 Å². The second-order valence-electron chi connectivity index (χ2n) is 4.25. The van der Waals surface area contributed by atoms with E-state index in [9.17, 15) is 0 Å². The summed E-state index contributed by atoms with van der Waals surface area (Å²) in [7, 11) is 1.60. The Morgan fingerprint density at radius 2 is 2.00 bits per heavy atom. The Balaban J connectivity index is 2.21. The van der Waals surface area contributed by atoms with Crippen molar-refractivity contribution in [2.24, 2.45) is 11.8 Å². The van der Waals surface area contributed by atoms with Gasteiger partial charge in [-0.05, 0) is 42.8 Å². The molecule has 2 aliphatic rings. The maximum absolute atomic E-state index is 5.57. The average Bonchev–Trinajstić information content (AvgIpc) is 2.77. The first-order valence-corrected chi connectivity index (χ1v) is 7.33. The van der Waals surface area contributed by atoms with Crippen molar-refractivity contribution in [1.29, 1.82) is 0 Å². The minimum Gasteiger partial charge on any atom is -0.395 e. The minimum absolute atomic E-state index is 0.779. The van der Waals surface area contributed by atoms with Gasteiger partial charge in [-0.1, -0.05) is 6.08 Å². The lowest BCUT2D eigenvalue weighted by molar-refractivity contribution is 0.255. The van der Waals surface area contributed by atoms with Gasteiger partial charge in [-0.25, -0.2) is 0 Å². The van der Waals surface area contributed by atoms with Crippen molar-refractivity contribution in [2.45, 2.75) is 25.8 Å². The van der Waals surface area contributed by atoms with Crippen molar-refractivity contribution >= 4 is 8.56 Å². The van der Waals surface area contributed by atoms with Gasteiger partial charge in [0.2, 0.25) is 0 Å². The summed E-state index contributed by atoms with van der Waals surface area (Å²) in [4.78, 5) is 0. The highest BCUT2D eigenvalue weighted by atomic mass is 28.4. The zero-order chi connectivity index (χ0) is 9.47. The molecular formula is C10H18O2Si. The van der Waals surface area contributed by atoms with Crippen LogP contribution in [0.3, 0.4) is 0 Å². The summed E-state index contributed by atoms with van der Waals surface area (Å²) in [5, 5.41) is 1.51. The summed E-state index contributed by atoms with van der Waals surface area (Å²) in [6.45, 7) is 2.15. The third-order valence-corrected chi connectivity index (χ3v) is 6.81. The molecule has 0 saturated heterocycles. The third-order valence-electron chi connectivity index (χ3n) is 3.63. The van der Waals surface area contributed by atoms with E-state index < -0.39 is 8.56 Å². The fourth-order valence-corrected chi connectivity index (χ4v) is 4.86. The molecule has 74 valence electrons. The molecule has 1 saturated carbocycles. The average molecular weight is 198 g/mol. The molecule has 2 bridgehead atoms. The van der Waals surface area contributed by atoms with Crippen LogP contribution in [0.2, 0.25) is 6.55 Å². The van der Waals surface area contributed by atoms with E-state index in [1.54, 1.807) is 14.2 Å². The molecule has 0 aromatic carbocycles. The van der Waals surface area contributed by atoms with Gasteiger partial charge in [-0.3, -0.25) is 0 Å². The second-order valence-corrected chi connectivity index (χ2v) is 7.53. The van der Waals surface area contributed by atoms with Gasteiger partial charge in [0.05, 0.1) is 0 Å². The zero-order valence-corrected chi connectivity index (χ0v) is 9.67. The molecule has 2 rings (SSSR count). The minimum atomic E-state index is -1.96. The van der Waals surface area contributed by atoms with E-state index in [-0.39, 0.29) is 0 Å². The van der Waals surface area contributed by atoms with Crippen molar-refractivity contribution in [1.82, 2.24) is 0 Å². The van der Waals surface area contributed by atoms with Crippen LogP contribution in [0.15, 0.2) is 11.3 Å². The number of hydrogen-bond acceptors (Lipinski definition) is 2. The molecule has 0 amide bonds. The van der Waals surface area contributed by atoms with Crippen molar-refractivity contribution in [3.63, 3.8) is 0 Å². The van der Waals surface area contributed by atoms with Crippen LogP contribution in [-0.2, 0) is 8.85 Å². The molecule has 0 aromatic rings. The lowest BCUT2D eigenvalue weighted by Crippen LogP contribution is -2.41. The smallest absolute Gasteiger partial charge is 0.364 e. The maximum atomic E-state index is 5.57. The predicted molar refractivity (Wildman–Crippen MR) is 54.6 cm³/mol. The van der Waals surface area contributed by atoms with Crippen molar-refractivity contribution < 1.29 is 8.85 Å². The topological polar surface area (TPSA) is 18.5 Å². The van der Waals surface area contributed by atoms with Crippen LogP contribution in [0, 0.1) is 11.8 Å². The standard InChI is InChI=1S/C10H18O2Si/c1-11-13(3,12-2)10-7-8-4-5-9(10)6-8/h7-9H,4-6H2,1-3H3. The number of fused-ring (bicyclic) bond motifs is 2. The van der Waals surface area contributed by atoms with Gasteiger partial charge in [0.15, 0.2) is 0 Å². The van der Waals surface area contributed by atoms with Crippen LogP contribution in [0.4, 0.5) is 0 Å². The van der Waals surface area contributed by atoms with Gasteiger partial charge >= 0.3 is 8.56 Å². The maximum Gasteiger partial charge on any atom is 0.364 e. The Kier molecular flexibility index (Phi) is 2.34. The largest absolute Gasteiger partial charge is 0.395 e. The van der Waals surface area contributed by atoms with Crippen molar-refractivity contribution in [2.75, 3.05) is 14.2 Å². The summed E-state index contributed by atoms with van der Waals surface area (Å²) in [5.74, 6) is 1.61. The molecule has 0 N–H and O–H groups in total. The molecule has 2 unspecified atom stereocenters. The summed E-state index contributed by atoms with van der Waals surface area (Å²) < 4.78 is 11.1. The number of rotatable bonds is 3. The molecular weight excluding hydrogens is 180 g/mol. The predicted octanol–water partition coefficient (Wildman–Crippen LogP) is 2.25. The Morgan fingerprint density at radius 3 is 2.38 bits per heavy atom. The van der Waals surface area contributed by atoms with E-state index in [0.717, 1.165) is 11.8 Å². The lowest BCUT2D eigenvalue weighted by Gasteiger charge is -2.28. The highest BCUT2D eigenvalue weighted by Gasteiger charge is 2.45. The SMILES string of the molecule is CO[Si](C)(OC)C1=CC2CCC1C2. The first-order chi connectivity index (χ1) is 6.19. The van der Waals surface area contributed by atoms with Gasteiger partial charge in [-0.15, -0.1) is 0 Å². The quantitative estimate of drug-likeness (QED) is 0.648. The van der Waals surface area contributed by atoms with Crippen LogP contribution < -0.4 is 0 Å². The van der Waals surface area contributed by atoms with Crippen molar-refractivity contribution in [3.05, 3.63) is 11.3 Å². The van der Waals surface area contributed by atoms with E-state index >= 15 is 0 Å². The molecule has 1 fully saturated rings. The molecule has 3 heteroatoms. The van der Waals surface area contributed by atoms with E-state index in [2.05, 4.69) is 12.6 Å². The Morgan fingerprint density at radius 1 is 1.31 bits per heavy atom. The fraction of sp³-hybridized carbons (Fsp3) is 0.800. The summed E-state index contributed by atoms with van der Waals surface area (Å²) in [6.07, 6.45) is 6.51. The zero-order valence-electron chi connectivity index (χ0n) is 8.67. The fourth-order valence-electron chi connectivity index (χ4n) is 2.68. The van der Waals surface area contributed by atoms with Gasteiger partial charge < -0.3 is 8.85 Å². The van der Waals surface area contributed by atoms with E-state index in [4.69, 9.17) is 8.85 Å². The molecule has 0 aromatic heterocycles. The molecule has 0 radical (unpaired) electrons. The molecule has 0 heterocycles. The van der Waals surface area contributed by atoms with E-state index in [0.29, 0.717) is 0 Å². The van der Waals surface area contributed by atoms with Gasteiger partial charge in [0.1, 0.15) is 0 Å². The lowest BCUT2D eigenvalue weighted by atomic mass is 10.1. The van der Waals surface area contributed by atoms with Crippen LogP contribution in [-0.4, -0.2) is 22.8 Å². The molecule has 2 aliphatic carbocycles. The van der Waals surface area contributed by atoms with Crippen LogP contribution in [0.1, 0.15) is 19.3 Å². The number of allylic oxidation sites excluding steroid dienone is 2. The Hall–Kier alpha value is -0.123. The normalized spacial score (nSPS) is 32.4. The van der Waals surface area contributed by atoms with Crippen LogP contribution in [0.25, 0.3) is 0 Å². The summed E-state index contributed by atoms with van der Waals surface area (Å²) in [5.41, 5.74) is 0. The van der Waals surface area contributed by atoms with E-state index in [1.165, 1.54) is 24.5 Å². The first kappa shape index (κ1) is 9.43. The van der Waals surface area contributed by atoms with Crippen molar-refractivity contribution in [3.8, 4) is 0 Å². The molecule has 13 heavy (non-hydrogen) atoms. The molecule has 0 aliphatic heterocycles. The Bertz CT molecular complexity index is 233.